The Kier molecular flexibility index (Phi) is 4.63. The number of rotatable bonds is 4. The van der Waals surface area contributed by atoms with Crippen molar-refractivity contribution < 1.29 is 13.2 Å². The van der Waals surface area contributed by atoms with Gasteiger partial charge in [0.25, 0.3) is 0 Å². The lowest BCUT2D eigenvalue weighted by atomic mass is 10.1. The van der Waals surface area contributed by atoms with Crippen molar-refractivity contribution >= 4 is 11.3 Å². The molecule has 0 aromatic carbocycles. The monoisotopic (exact) mass is 315 g/mol. The molecule has 21 heavy (non-hydrogen) atoms. The van der Waals surface area contributed by atoms with Crippen LogP contribution in [0.2, 0.25) is 0 Å². The Balaban J connectivity index is 2.17. The van der Waals surface area contributed by atoms with Crippen molar-refractivity contribution in [3.8, 4) is 0 Å². The van der Waals surface area contributed by atoms with Crippen LogP contribution in [-0.4, -0.2) is 17.0 Å². The molecule has 1 N–H and O–H groups in total. The number of aryl methyl sites for hydroxylation is 2. The summed E-state index contributed by atoms with van der Waals surface area (Å²) < 4.78 is 37.6. The summed E-state index contributed by atoms with van der Waals surface area (Å²) >= 11 is 1.60. The third-order valence-corrected chi connectivity index (χ3v) is 4.37. The molecule has 7 heteroatoms. The molecule has 0 fully saturated rings. The lowest BCUT2D eigenvalue weighted by Gasteiger charge is -2.15. The van der Waals surface area contributed by atoms with Crippen LogP contribution in [-0.2, 0) is 12.6 Å². The second kappa shape index (κ2) is 6.11. The zero-order valence-electron chi connectivity index (χ0n) is 12.0. The summed E-state index contributed by atoms with van der Waals surface area (Å²) in [6.07, 6.45) is -2.88. The second-order valence-corrected chi connectivity index (χ2v) is 6.05. The number of thiazole rings is 1. The number of hydrogen-bond acceptors (Lipinski definition) is 4. The van der Waals surface area contributed by atoms with Crippen LogP contribution in [0, 0.1) is 13.8 Å². The average molecular weight is 315 g/mol. The number of nitrogens with one attached hydrogen (secondary N) is 1. The zero-order chi connectivity index (χ0) is 15.6. The van der Waals surface area contributed by atoms with E-state index in [9.17, 15) is 13.2 Å². The maximum absolute atomic E-state index is 12.5. The van der Waals surface area contributed by atoms with Crippen LogP contribution in [0.25, 0.3) is 0 Å². The predicted octanol–water partition coefficient (Wildman–Crippen LogP) is 3.68. The Morgan fingerprint density at radius 3 is 2.43 bits per heavy atom. The number of alkyl halides is 3. The lowest BCUT2D eigenvalue weighted by Crippen LogP contribution is -2.20. The first kappa shape index (κ1) is 15.9. The van der Waals surface area contributed by atoms with Gasteiger partial charge < -0.3 is 5.32 Å². The average Bonchev–Trinajstić information content (AvgIpc) is 2.74. The largest absolute Gasteiger partial charge is 0.417 e. The standard InChI is InChI=1S/C14H16F3N3S/c1-8-9(2)21-13(20-8)6-12(18-3)11-5-4-10(7-19-11)14(15,16)17/h4-5,7,12,18H,6H2,1-3H3. The van der Waals surface area contributed by atoms with E-state index in [-0.39, 0.29) is 6.04 Å². The summed E-state index contributed by atoms with van der Waals surface area (Å²) in [5.74, 6) is 0. The highest BCUT2D eigenvalue weighted by Crippen LogP contribution is 2.29. The molecular formula is C14H16F3N3S. The van der Waals surface area contributed by atoms with Gasteiger partial charge in [0.1, 0.15) is 0 Å². The predicted molar refractivity (Wildman–Crippen MR) is 76.3 cm³/mol. The number of pyridine rings is 1. The van der Waals surface area contributed by atoms with E-state index in [1.807, 2.05) is 13.8 Å². The minimum absolute atomic E-state index is 0.155. The Hall–Kier alpha value is -1.47. The van der Waals surface area contributed by atoms with Gasteiger partial charge in [-0.15, -0.1) is 11.3 Å². The van der Waals surface area contributed by atoms with Crippen molar-refractivity contribution in [1.82, 2.24) is 15.3 Å². The Morgan fingerprint density at radius 1 is 1.29 bits per heavy atom. The van der Waals surface area contributed by atoms with Crippen LogP contribution in [0.1, 0.15) is 32.9 Å². The maximum atomic E-state index is 12.5. The van der Waals surface area contributed by atoms with E-state index in [1.165, 1.54) is 6.07 Å². The lowest BCUT2D eigenvalue weighted by molar-refractivity contribution is -0.137. The van der Waals surface area contributed by atoms with Gasteiger partial charge in [0.2, 0.25) is 0 Å². The third kappa shape index (κ3) is 3.79. The SMILES string of the molecule is CNC(Cc1nc(C)c(C)s1)c1ccc(C(F)(F)F)cn1. The molecule has 2 rings (SSSR count). The molecule has 1 atom stereocenters. The van der Waals surface area contributed by atoms with Crippen LogP contribution < -0.4 is 5.32 Å². The first-order valence-electron chi connectivity index (χ1n) is 6.44. The van der Waals surface area contributed by atoms with Crippen molar-refractivity contribution in [3.63, 3.8) is 0 Å². The molecule has 0 aliphatic carbocycles. The smallest absolute Gasteiger partial charge is 0.311 e. The molecule has 0 saturated heterocycles. The molecule has 0 amide bonds. The highest BCUT2D eigenvalue weighted by atomic mass is 32.1. The van der Waals surface area contributed by atoms with E-state index in [0.29, 0.717) is 12.1 Å². The highest BCUT2D eigenvalue weighted by molar-refractivity contribution is 7.11. The van der Waals surface area contributed by atoms with Gasteiger partial charge in [-0.2, -0.15) is 13.2 Å². The van der Waals surface area contributed by atoms with E-state index in [2.05, 4.69) is 15.3 Å². The summed E-state index contributed by atoms with van der Waals surface area (Å²) in [6.45, 7) is 3.95. The Bertz CT molecular complexity index is 585. The van der Waals surface area contributed by atoms with Gasteiger partial charge in [0.05, 0.1) is 28.0 Å². The second-order valence-electron chi connectivity index (χ2n) is 4.76. The third-order valence-electron chi connectivity index (χ3n) is 3.27. The fourth-order valence-electron chi connectivity index (χ4n) is 1.93. The van der Waals surface area contributed by atoms with Crippen molar-refractivity contribution in [2.24, 2.45) is 0 Å². The minimum Gasteiger partial charge on any atom is -0.311 e. The van der Waals surface area contributed by atoms with E-state index in [1.54, 1.807) is 18.4 Å². The number of hydrogen-bond donors (Lipinski definition) is 1. The molecule has 1 unspecified atom stereocenters. The molecule has 0 radical (unpaired) electrons. The fourth-order valence-corrected chi connectivity index (χ4v) is 2.91. The summed E-state index contributed by atoms with van der Waals surface area (Å²) in [5.41, 5.74) is 0.836. The van der Waals surface area contributed by atoms with Gasteiger partial charge in [0, 0.05) is 17.5 Å². The van der Waals surface area contributed by atoms with Crippen molar-refractivity contribution in [3.05, 3.63) is 45.2 Å². The van der Waals surface area contributed by atoms with Crippen molar-refractivity contribution in [2.75, 3.05) is 7.05 Å². The van der Waals surface area contributed by atoms with Crippen molar-refractivity contribution in [1.29, 1.82) is 0 Å². The molecule has 114 valence electrons. The summed E-state index contributed by atoms with van der Waals surface area (Å²) in [7, 11) is 1.76. The van der Waals surface area contributed by atoms with Crippen LogP contribution >= 0.6 is 11.3 Å². The van der Waals surface area contributed by atoms with E-state index < -0.39 is 11.7 Å². The topological polar surface area (TPSA) is 37.8 Å². The summed E-state index contributed by atoms with van der Waals surface area (Å²) in [6, 6.07) is 2.32. The Morgan fingerprint density at radius 2 is 2.00 bits per heavy atom. The molecule has 0 saturated carbocycles. The zero-order valence-corrected chi connectivity index (χ0v) is 12.8. The van der Waals surface area contributed by atoms with Gasteiger partial charge >= 0.3 is 6.18 Å². The molecule has 2 aromatic rings. The molecule has 0 aliphatic heterocycles. The number of nitrogens with zero attached hydrogens (tertiary/aromatic N) is 2. The summed E-state index contributed by atoms with van der Waals surface area (Å²) in [4.78, 5) is 9.54. The van der Waals surface area contributed by atoms with Gasteiger partial charge in [-0.05, 0) is 33.0 Å². The van der Waals surface area contributed by atoms with Gasteiger partial charge in [0.15, 0.2) is 0 Å². The summed E-state index contributed by atoms with van der Waals surface area (Å²) in [5, 5.41) is 4.03. The molecule has 2 aromatic heterocycles. The number of halogens is 3. The first-order valence-corrected chi connectivity index (χ1v) is 7.26. The Labute approximate surface area is 125 Å². The van der Waals surface area contributed by atoms with Crippen molar-refractivity contribution in [2.45, 2.75) is 32.5 Å². The first-order chi connectivity index (χ1) is 9.81. The van der Waals surface area contributed by atoms with E-state index in [0.717, 1.165) is 27.8 Å². The number of aromatic nitrogens is 2. The molecule has 0 aliphatic rings. The normalized spacial score (nSPS) is 13.4. The van der Waals surface area contributed by atoms with Gasteiger partial charge in [-0.25, -0.2) is 4.98 Å². The number of likely N-dealkylation sites (N-methyl/N-ethyl adjacent to an activating group) is 1. The molecule has 3 nitrogen and oxygen atoms in total. The molecule has 0 bridgehead atoms. The van der Waals surface area contributed by atoms with Crippen LogP contribution in [0.5, 0.6) is 0 Å². The molecular weight excluding hydrogens is 299 g/mol. The molecule has 0 spiro atoms. The quantitative estimate of drug-likeness (QED) is 0.935. The highest BCUT2D eigenvalue weighted by Gasteiger charge is 2.31. The van der Waals surface area contributed by atoms with Crippen LogP contribution in [0.4, 0.5) is 13.2 Å². The minimum atomic E-state index is -4.36. The fraction of sp³-hybridized carbons (Fsp3) is 0.429. The van der Waals surface area contributed by atoms with E-state index >= 15 is 0 Å². The van der Waals surface area contributed by atoms with Crippen LogP contribution in [0.3, 0.4) is 0 Å². The van der Waals surface area contributed by atoms with Gasteiger partial charge in [-0.3, -0.25) is 4.98 Å². The van der Waals surface area contributed by atoms with Crippen LogP contribution in [0.15, 0.2) is 18.3 Å². The maximum Gasteiger partial charge on any atom is 0.417 e. The van der Waals surface area contributed by atoms with E-state index in [4.69, 9.17) is 0 Å². The van der Waals surface area contributed by atoms with Gasteiger partial charge in [-0.1, -0.05) is 0 Å². The molecule has 2 heterocycles.